The second kappa shape index (κ2) is 8.83. The molecule has 0 bridgehead atoms. The Bertz CT molecular complexity index is 1010. The minimum absolute atomic E-state index is 0.337. The quantitative estimate of drug-likeness (QED) is 0.462. The number of aryl methyl sites for hydroxylation is 1. The van der Waals surface area contributed by atoms with E-state index in [2.05, 4.69) is 15.3 Å². The molecule has 0 fully saturated rings. The van der Waals surface area contributed by atoms with Crippen molar-refractivity contribution in [3.63, 3.8) is 0 Å². The summed E-state index contributed by atoms with van der Waals surface area (Å²) in [6.45, 7) is 2.33. The van der Waals surface area contributed by atoms with Crippen LogP contribution in [0.4, 0.5) is 0 Å². The number of halogens is 1. The summed E-state index contributed by atoms with van der Waals surface area (Å²) in [5.41, 5.74) is 1.74. The third-order valence-corrected chi connectivity index (χ3v) is 4.52. The summed E-state index contributed by atoms with van der Waals surface area (Å²) in [4.78, 5) is 0. The molecule has 0 radical (unpaired) electrons. The van der Waals surface area contributed by atoms with Gasteiger partial charge >= 0.3 is 0 Å². The van der Waals surface area contributed by atoms with E-state index < -0.39 is 0 Å². The van der Waals surface area contributed by atoms with Gasteiger partial charge < -0.3 is 9.47 Å². The minimum atomic E-state index is 0.337. The molecule has 0 unspecified atom stereocenters. The first kappa shape index (κ1) is 19.1. The Hall–Kier alpha value is -2.64. The number of hydrogen-bond acceptors (Lipinski definition) is 5. The number of ether oxygens (including phenoxy) is 2. The Morgan fingerprint density at radius 1 is 1.26 bits per heavy atom. The molecule has 0 amide bonds. The van der Waals surface area contributed by atoms with Gasteiger partial charge in [-0.2, -0.15) is 14.9 Å². The number of benzene rings is 2. The molecule has 6 nitrogen and oxygen atoms in total. The fourth-order valence-corrected chi connectivity index (χ4v) is 2.84. The van der Waals surface area contributed by atoms with Crippen LogP contribution in [0.5, 0.6) is 11.5 Å². The lowest BCUT2D eigenvalue weighted by Crippen LogP contribution is -2.00. The first-order valence-electron chi connectivity index (χ1n) is 8.37. The van der Waals surface area contributed by atoms with Gasteiger partial charge in [-0.15, -0.1) is 0 Å². The number of aromatic nitrogens is 3. The topological polar surface area (TPSA) is 64.4 Å². The summed E-state index contributed by atoms with van der Waals surface area (Å²) in [6, 6.07) is 13.1. The zero-order valence-corrected chi connectivity index (χ0v) is 16.5. The standard InChI is InChI=1S/C19H19ClN4O2S/c1-3-18-22-23-19(27)24(18)21-11-13-8-9-16(25-2)17(10-13)26-12-14-6-4-5-7-15(14)20/h4-11H,3,12H2,1-2H3,(H,23,27)/b21-11+. The Morgan fingerprint density at radius 3 is 2.81 bits per heavy atom. The van der Waals surface area contributed by atoms with Crippen LogP contribution < -0.4 is 9.47 Å². The Balaban J connectivity index is 1.83. The summed E-state index contributed by atoms with van der Waals surface area (Å²) in [5.74, 6) is 2.00. The highest BCUT2D eigenvalue weighted by atomic mass is 35.5. The molecule has 1 heterocycles. The van der Waals surface area contributed by atoms with Crippen molar-refractivity contribution < 1.29 is 9.47 Å². The highest BCUT2D eigenvalue weighted by Gasteiger charge is 2.08. The molecule has 140 valence electrons. The molecule has 1 aromatic heterocycles. The molecule has 27 heavy (non-hydrogen) atoms. The van der Waals surface area contributed by atoms with Crippen molar-refractivity contribution in [1.82, 2.24) is 14.9 Å². The number of rotatable bonds is 7. The number of H-pyrrole nitrogens is 1. The molecule has 0 aliphatic rings. The van der Waals surface area contributed by atoms with Crippen LogP contribution in [0, 0.1) is 4.77 Å². The zero-order valence-electron chi connectivity index (χ0n) is 15.0. The monoisotopic (exact) mass is 402 g/mol. The summed E-state index contributed by atoms with van der Waals surface area (Å²) in [7, 11) is 1.60. The SMILES string of the molecule is CCc1n[nH]c(=S)n1/N=C/c1ccc(OC)c(OCc2ccccc2Cl)c1. The molecule has 0 saturated carbocycles. The molecule has 2 aromatic carbocycles. The Morgan fingerprint density at radius 2 is 2.07 bits per heavy atom. The fraction of sp³-hybridized carbons (Fsp3) is 0.211. The molecule has 0 saturated heterocycles. The van der Waals surface area contributed by atoms with Crippen LogP contribution in [0.1, 0.15) is 23.9 Å². The van der Waals surface area contributed by atoms with E-state index in [0.717, 1.165) is 23.4 Å². The average molecular weight is 403 g/mol. The van der Waals surface area contributed by atoms with Crippen LogP contribution in [0.3, 0.4) is 0 Å². The summed E-state index contributed by atoms with van der Waals surface area (Å²) in [6.07, 6.45) is 2.42. The maximum Gasteiger partial charge on any atom is 0.216 e. The van der Waals surface area contributed by atoms with Gasteiger partial charge in [0.25, 0.3) is 0 Å². The maximum absolute atomic E-state index is 6.19. The number of hydrogen-bond donors (Lipinski definition) is 1. The van der Waals surface area contributed by atoms with E-state index in [1.54, 1.807) is 18.0 Å². The smallest absolute Gasteiger partial charge is 0.216 e. The molecule has 3 rings (SSSR count). The zero-order chi connectivity index (χ0) is 19.2. The van der Waals surface area contributed by atoms with Crippen molar-refractivity contribution >= 4 is 30.0 Å². The number of nitrogens with zero attached hydrogens (tertiary/aromatic N) is 3. The van der Waals surface area contributed by atoms with Crippen molar-refractivity contribution in [2.45, 2.75) is 20.0 Å². The van der Waals surface area contributed by atoms with E-state index in [9.17, 15) is 0 Å². The highest BCUT2D eigenvalue weighted by Crippen LogP contribution is 2.29. The van der Waals surface area contributed by atoms with E-state index in [-0.39, 0.29) is 0 Å². The second-order valence-corrected chi connectivity index (χ2v) is 6.44. The van der Waals surface area contributed by atoms with Crippen LogP contribution in [0.15, 0.2) is 47.6 Å². The van der Waals surface area contributed by atoms with Crippen LogP contribution in [-0.2, 0) is 13.0 Å². The number of aromatic amines is 1. The van der Waals surface area contributed by atoms with E-state index in [1.807, 2.05) is 49.4 Å². The second-order valence-electron chi connectivity index (χ2n) is 5.65. The van der Waals surface area contributed by atoms with Crippen molar-refractivity contribution in [2.24, 2.45) is 5.10 Å². The number of methoxy groups -OCH3 is 1. The molecule has 3 aromatic rings. The fourth-order valence-electron chi connectivity index (χ4n) is 2.45. The molecular weight excluding hydrogens is 384 g/mol. The lowest BCUT2D eigenvalue weighted by molar-refractivity contribution is 0.284. The van der Waals surface area contributed by atoms with Gasteiger partial charge in [0.15, 0.2) is 17.3 Å². The number of nitrogens with one attached hydrogen (secondary N) is 1. The third kappa shape index (κ3) is 4.56. The predicted octanol–water partition coefficient (Wildman–Crippen LogP) is 4.63. The van der Waals surface area contributed by atoms with Gasteiger partial charge in [-0.1, -0.05) is 36.7 Å². The first-order chi connectivity index (χ1) is 13.1. The van der Waals surface area contributed by atoms with Gasteiger partial charge in [0.2, 0.25) is 4.77 Å². The van der Waals surface area contributed by atoms with Crippen molar-refractivity contribution in [3.05, 3.63) is 69.2 Å². The molecule has 0 atom stereocenters. The van der Waals surface area contributed by atoms with Gasteiger partial charge in [-0.3, -0.25) is 5.10 Å². The minimum Gasteiger partial charge on any atom is -0.493 e. The van der Waals surface area contributed by atoms with Crippen LogP contribution in [0.2, 0.25) is 5.02 Å². The van der Waals surface area contributed by atoms with E-state index in [4.69, 9.17) is 33.3 Å². The molecule has 1 N–H and O–H groups in total. The normalized spacial score (nSPS) is 11.1. The third-order valence-electron chi connectivity index (χ3n) is 3.88. The van der Waals surface area contributed by atoms with Gasteiger partial charge in [0, 0.05) is 17.0 Å². The molecule has 0 spiro atoms. The van der Waals surface area contributed by atoms with E-state index >= 15 is 0 Å². The summed E-state index contributed by atoms with van der Waals surface area (Å²) < 4.78 is 13.4. The van der Waals surface area contributed by atoms with Gasteiger partial charge in [0.05, 0.1) is 13.3 Å². The van der Waals surface area contributed by atoms with Gasteiger partial charge in [0.1, 0.15) is 6.61 Å². The van der Waals surface area contributed by atoms with Crippen molar-refractivity contribution in [1.29, 1.82) is 0 Å². The van der Waals surface area contributed by atoms with E-state index in [0.29, 0.717) is 27.9 Å². The van der Waals surface area contributed by atoms with Crippen LogP contribution in [-0.4, -0.2) is 28.2 Å². The van der Waals surface area contributed by atoms with Gasteiger partial charge in [-0.25, -0.2) is 0 Å². The highest BCUT2D eigenvalue weighted by molar-refractivity contribution is 7.71. The summed E-state index contributed by atoms with van der Waals surface area (Å²) in [5, 5.41) is 12.0. The summed E-state index contributed by atoms with van der Waals surface area (Å²) >= 11 is 11.4. The lowest BCUT2D eigenvalue weighted by atomic mass is 10.2. The van der Waals surface area contributed by atoms with E-state index in [1.165, 1.54) is 0 Å². The first-order valence-corrected chi connectivity index (χ1v) is 9.16. The molecular formula is C19H19ClN4O2S. The van der Waals surface area contributed by atoms with Crippen molar-refractivity contribution in [3.8, 4) is 11.5 Å². The molecule has 0 aliphatic heterocycles. The predicted molar refractivity (Wildman–Crippen MR) is 109 cm³/mol. The molecule has 0 aliphatic carbocycles. The Labute approximate surface area is 167 Å². The Kier molecular flexibility index (Phi) is 6.26. The van der Waals surface area contributed by atoms with Crippen LogP contribution in [0.25, 0.3) is 0 Å². The maximum atomic E-state index is 6.19. The van der Waals surface area contributed by atoms with Crippen LogP contribution >= 0.6 is 23.8 Å². The largest absolute Gasteiger partial charge is 0.493 e. The average Bonchev–Trinajstić information content (AvgIpc) is 3.05. The van der Waals surface area contributed by atoms with Crippen molar-refractivity contribution in [2.75, 3.05) is 7.11 Å². The lowest BCUT2D eigenvalue weighted by Gasteiger charge is -2.12. The van der Waals surface area contributed by atoms with Gasteiger partial charge in [-0.05, 0) is 42.0 Å². The molecule has 8 heteroatoms.